The number of hydrogen-bond donors (Lipinski definition) is 2. The van der Waals surface area contributed by atoms with E-state index in [1.54, 1.807) is 54.6 Å². The summed E-state index contributed by atoms with van der Waals surface area (Å²) in [6, 6.07) is 15.5. The first-order valence-electron chi connectivity index (χ1n) is 9.88. The van der Waals surface area contributed by atoms with Gasteiger partial charge in [-0.15, -0.1) is 0 Å². The Balaban J connectivity index is 1.72. The second-order valence-corrected chi connectivity index (χ2v) is 7.02. The van der Waals surface area contributed by atoms with Crippen LogP contribution < -0.4 is 11.5 Å². The van der Waals surface area contributed by atoms with Crippen molar-refractivity contribution < 1.29 is 33.4 Å². The summed E-state index contributed by atoms with van der Waals surface area (Å²) < 4.78 is 9.08. The average molecular weight is 440 g/mol. The minimum absolute atomic E-state index is 0.124. The Labute approximate surface area is 184 Å². The summed E-state index contributed by atoms with van der Waals surface area (Å²) in [4.78, 5) is 59.2. The molecule has 0 aliphatic rings. The smallest absolute Gasteiger partial charge is 0.382 e. The van der Waals surface area contributed by atoms with Crippen LogP contribution in [0.4, 0.5) is 0 Å². The number of ether oxygens (including phenoxy) is 2. The Morgan fingerprint density at radius 3 is 1.56 bits per heavy atom. The van der Waals surface area contributed by atoms with E-state index in [1.165, 1.54) is 0 Å². The van der Waals surface area contributed by atoms with Gasteiger partial charge in [0.15, 0.2) is 0 Å². The molecule has 0 unspecified atom stereocenters. The van der Waals surface area contributed by atoms with Crippen molar-refractivity contribution in [1.29, 1.82) is 0 Å². The lowest BCUT2D eigenvalue weighted by molar-refractivity contribution is -0.165. The van der Waals surface area contributed by atoms with Gasteiger partial charge in [-0.05, 0) is 24.0 Å². The highest BCUT2D eigenvalue weighted by molar-refractivity contribution is 6.35. The van der Waals surface area contributed by atoms with Crippen LogP contribution in [-0.2, 0) is 46.3 Å². The third-order valence-electron chi connectivity index (χ3n) is 4.39. The minimum Gasteiger partial charge on any atom is -0.392 e. The molecule has 0 heterocycles. The van der Waals surface area contributed by atoms with Crippen molar-refractivity contribution in [3.8, 4) is 0 Å². The van der Waals surface area contributed by atoms with Crippen LogP contribution >= 0.6 is 0 Å². The van der Waals surface area contributed by atoms with Crippen molar-refractivity contribution in [3.05, 3.63) is 71.8 Å². The fourth-order valence-corrected chi connectivity index (χ4v) is 2.68. The van der Waals surface area contributed by atoms with Crippen LogP contribution in [0.5, 0.6) is 0 Å². The van der Waals surface area contributed by atoms with Crippen LogP contribution in [0.25, 0.3) is 0 Å². The summed E-state index contributed by atoms with van der Waals surface area (Å²) in [6.07, 6.45) is -0.857. The van der Waals surface area contributed by atoms with Crippen LogP contribution in [0.1, 0.15) is 24.0 Å². The molecule has 0 amide bonds. The number of rotatable bonds is 10. The van der Waals surface area contributed by atoms with Gasteiger partial charge in [-0.1, -0.05) is 60.7 Å². The number of carbonyl (C=O) groups is 5. The number of Topliss-reactive ketones (excluding diaryl/α,β-unsaturated/α-hetero) is 1. The van der Waals surface area contributed by atoms with Crippen molar-refractivity contribution in [2.75, 3.05) is 0 Å². The molecule has 0 bridgehead atoms. The largest absolute Gasteiger partial charge is 0.392 e. The van der Waals surface area contributed by atoms with E-state index in [2.05, 4.69) is 9.47 Å². The summed E-state index contributed by atoms with van der Waals surface area (Å²) in [6.45, 7) is 0. The first-order chi connectivity index (χ1) is 15.3. The maximum Gasteiger partial charge on any atom is 0.382 e. The SMILES string of the molecule is N[C@@H](Cc1ccccc1)C(=O)OC(=O)CCC(=O)C(=O)OC(=O)[C@@H](N)Cc1ccccc1. The predicted molar refractivity (Wildman–Crippen MR) is 113 cm³/mol. The second-order valence-electron chi connectivity index (χ2n) is 7.02. The number of ketones is 1. The number of carbonyl (C=O) groups excluding carboxylic acids is 5. The maximum absolute atomic E-state index is 11.9. The highest BCUT2D eigenvalue weighted by Crippen LogP contribution is 2.06. The molecule has 0 spiro atoms. The van der Waals surface area contributed by atoms with Crippen molar-refractivity contribution in [3.63, 3.8) is 0 Å². The first-order valence-corrected chi connectivity index (χ1v) is 9.88. The van der Waals surface area contributed by atoms with E-state index in [0.717, 1.165) is 11.1 Å². The molecular weight excluding hydrogens is 416 g/mol. The average Bonchev–Trinajstić information content (AvgIpc) is 2.78. The fourth-order valence-electron chi connectivity index (χ4n) is 2.68. The molecule has 0 aromatic heterocycles. The molecule has 0 fully saturated rings. The molecular formula is C23H24N2O7. The third-order valence-corrected chi connectivity index (χ3v) is 4.39. The van der Waals surface area contributed by atoms with Gasteiger partial charge in [0.1, 0.15) is 12.1 Å². The van der Waals surface area contributed by atoms with Crippen molar-refractivity contribution in [2.24, 2.45) is 11.5 Å². The molecule has 2 aromatic rings. The van der Waals surface area contributed by atoms with E-state index in [4.69, 9.17) is 11.5 Å². The maximum atomic E-state index is 11.9. The van der Waals surface area contributed by atoms with Gasteiger partial charge in [-0.2, -0.15) is 0 Å². The molecule has 0 saturated carbocycles. The molecule has 4 N–H and O–H groups in total. The predicted octanol–water partition coefficient (Wildman–Crippen LogP) is 0.615. The molecule has 0 radical (unpaired) electrons. The summed E-state index contributed by atoms with van der Waals surface area (Å²) >= 11 is 0. The topological polar surface area (TPSA) is 156 Å². The number of nitrogens with two attached hydrogens (primary N) is 2. The van der Waals surface area contributed by atoms with Crippen LogP contribution in [0.3, 0.4) is 0 Å². The van der Waals surface area contributed by atoms with Gasteiger partial charge in [0.05, 0.1) is 6.42 Å². The van der Waals surface area contributed by atoms with Crippen molar-refractivity contribution >= 4 is 29.7 Å². The Morgan fingerprint density at radius 1 is 0.656 bits per heavy atom. The normalized spacial score (nSPS) is 12.3. The Morgan fingerprint density at radius 2 is 1.09 bits per heavy atom. The van der Waals surface area contributed by atoms with Gasteiger partial charge >= 0.3 is 23.9 Å². The van der Waals surface area contributed by atoms with Gasteiger partial charge in [-0.25, -0.2) is 14.4 Å². The van der Waals surface area contributed by atoms with Gasteiger partial charge in [0.25, 0.3) is 0 Å². The Kier molecular flexibility index (Phi) is 9.40. The highest BCUT2D eigenvalue weighted by atomic mass is 16.6. The molecule has 9 heteroatoms. The van der Waals surface area contributed by atoms with Gasteiger partial charge in [0.2, 0.25) is 5.78 Å². The molecule has 0 aliphatic carbocycles. The van der Waals surface area contributed by atoms with Gasteiger partial charge in [-0.3, -0.25) is 9.59 Å². The molecule has 2 rings (SSSR count). The lowest BCUT2D eigenvalue weighted by atomic mass is 10.1. The standard InChI is InChI=1S/C23H24N2O7/c24-17(13-15-7-3-1-4-8-15)21(28)31-20(27)12-11-19(26)23(30)32-22(29)18(25)14-16-9-5-2-6-10-16/h1-10,17-18H,11-14,24-25H2/t17-,18-/m0/s1. The van der Waals surface area contributed by atoms with E-state index in [9.17, 15) is 24.0 Å². The van der Waals surface area contributed by atoms with Crippen LogP contribution in [-0.4, -0.2) is 41.7 Å². The van der Waals surface area contributed by atoms with E-state index in [-0.39, 0.29) is 12.8 Å². The Hall–Kier alpha value is -3.69. The zero-order valence-corrected chi connectivity index (χ0v) is 17.3. The van der Waals surface area contributed by atoms with Crippen LogP contribution in [0, 0.1) is 0 Å². The van der Waals surface area contributed by atoms with Crippen LogP contribution in [0.2, 0.25) is 0 Å². The molecule has 9 nitrogen and oxygen atoms in total. The lowest BCUT2D eigenvalue weighted by Gasteiger charge is -2.11. The van der Waals surface area contributed by atoms with E-state index in [1.807, 2.05) is 6.07 Å². The van der Waals surface area contributed by atoms with Gasteiger partial charge in [0, 0.05) is 6.42 Å². The molecule has 0 aliphatic heterocycles. The molecule has 0 saturated heterocycles. The van der Waals surface area contributed by atoms with E-state index in [0.29, 0.717) is 0 Å². The fraction of sp³-hybridized carbons (Fsp3) is 0.261. The lowest BCUT2D eigenvalue weighted by Crippen LogP contribution is -2.37. The summed E-state index contributed by atoms with van der Waals surface area (Å²) in [5.74, 6) is -5.58. The van der Waals surface area contributed by atoms with Crippen molar-refractivity contribution in [2.45, 2.75) is 37.8 Å². The van der Waals surface area contributed by atoms with Crippen molar-refractivity contribution in [1.82, 2.24) is 0 Å². The zero-order valence-electron chi connectivity index (χ0n) is 17.3. The monoisotopic (exact) mass is 440 g/mol. The Bertz CT molecular complexity index is 961. The summed E-state index contributed by atoms with van der Waals surface area (Å²) in [5.41, 5.74) is 13.0. The minimum atomic E-state index is -1.43. The quantitative estimate of drug-likeness (QED) is 0.307. The molecule has 2 atom stereocenters. The summed E-state index contributed by atoms with van der Waals surface area (Å²) in [5, 5.41) is 0. The van der Waals surface area contributed by atoms with Gasteiger partial charge < -0.3 is 20.9 Å². The molecule has 2 aromatic carbocycles. The second kappa shape index (κ2) is 12.2. The number of hydrogen-bond acceptors (Lipinski definition) is 9. The molecule has 32 heavy (non-hydrogen) atoms. The van der Waals surface area contributed by atoms with E-state index >= 15 is 0 Å². The molecule has 168 valence electrons. The number of esters is 4. The van der Waals surface area contributed by atoms with E-state index < -0.39 is 54.6 Å². The number of benzene rings is 2. The third kappa shape index (κ3) is 8.21. The first kappa shape index (κ1) is 24.6. The summed E-state index contributed by atoms with van der Waals surface area (Å²) in [7, 11) is 0. The highest BCUT2D eigenvalue weighted by Gasteiger charge is 2.25. The van der Waals surface area contributed by atoms with Crippen LogP contribution in [0.15, 0.2) is 60.7 Å². The zero-order chi connectivity index (χ0) is 23.5.